The minimum atomic E-state index is -0.268. The number of nitrogens with zero attached hydrogens (tertiary/aromatic N) is 2. The number of likely N-dealkylation sites (tertiary alicyclic amines) is 1. The van der Waals surface area contributed by atoms with Crippen LogP contribution in [-0.4, -0.2) is 60.4 Å². The largest absolute Gasteiger partial charge is 0.363 e. The third-order valence-corrected chi connectivity index (χ3v) is 5.13. The number of hydrogen-bond donors (Lipinski definition) is 0. The number of carbonyl (C=O) groups is 1. The van der Waals surface area contributed by atoms with Crippen molar-refractivity contribution in [2.75, 3.05) is 26.2 Å². The van der Waals surface area contributed by atoms with Crippen molar-refractivity contribution in [1.29, 1.82) is 0 Å². The van der Waals surface area contributed by atoms with Crippen LogP contribution in [0.4, 0.5) is 0 Å². The summed E-state index contributed by atoms with van der Waals surface area (Å²) in [6.45, 7) is 3.78. The zero-order chi connectivity index (χ0) is 13.5. The van der Waals surface area contributed by atoms with Gasteiger partial charge >= 0.3 is 0 Å². The van der Waals surface area contributed by atoms with Gasteiger partial charge in [-0.05, 0) is 44.4 Å². The second kappa shape index (κ2) is 5.28. The fraction of sp³-hybridized carbons (Fsp3) is 0.933. The SMILES string of the molecule is O=C([C@@H]1CC[C@H]2[C@H](CCN2CC2CC2)O1)N1CCCO1. The third kappa shape index (κ3) is 2.47. The van der Waals surface area contributed by atoms with E-state index in [1.165, 1.54) is 24.4 Å². The first-order valence-corrected chi connectivity index (χ1v) is 8.15. The zero-order valence-electron chi connectivity index (χ0n) is 12.0. The Morgan fingerprint density at radius 3 is 2.75 bits per heavy atom. The highest BCUT2D eigenvalue weighted by atomic mass is 16.7. The van der Waals surface area contributed by atoms with E-state index in [1.54, 1.807) is 0 Å². The molecule has 112 valence electrons. The summed E-state index contributed by atoms with van der Waals surface area (Å²) in [7, 11) is 0. The van der Waals surface area contributed by atoms with Gasteiger partial charge in [-0.1, -0.05) is 0 Å². The van der Waals surface area contributed by atoms with Gasteiger partial charge in [-0.2, -0.15) is 0 Å². The van der Waals surface area contributed by atoms with Gasteiger partial charge in [-0.25, -0.2) is 5.06 Å². The molecule has 0 radical (unpaired) electrons. The molecule has 4 fully saturated rings. The van der Waals surface area contributed by atoms with E-state index in [9.17, 15) is 4.79 Å². The molecule has 0 unspecified atom stereocenters. The van der Waals surface area contributed by atoms with E-state index in [2.05, 4.69) is 4.90 Å². The number of carbonyl (C=O) groups excluding carboxylic acids is 1. The lowest BCUT2D eigenvalue weighted by atomic mass is 9.98. The van der Waals surface area contributed by atoms with Crippen molar-refractivity contribution >= 4 is 5.91 Å². The van der Waals surface area contributed by atoms with E-state index in [-0.39, 0.29) is 18.1 Å². The lowest BCUT2D eigenvalue weighted by Gasteiger charge is -2.36. The van der Waals surface area contributed by atoms with Crippen molar-refractivity contribution in [1.82, 2.24) is 9.96 Å². The molecule has 3 heterocycles. The molecule has 0 spiro atoms. The van der Waals surface area contributed by atoms with Gasteiger partial charge < -0.3 is 4.74 Å². The van der Waals surface area contributed by atoms with Crippen LogP contribution in [0.25, 0.3) is 0 Å². The predicted octanol–water partition coefficient (Wildman–Crippen LogP) is 1.18. The van der Waals surface area contributed by atoms with Gasteiger partial charge in [0.05, 0.1) is 19.3 Å². The number of ether oxygens (including phenoxy) is 1. The van der Waals surface area contributed by atoms with Crippen LogP contribution in [0.1, 0.15) is 38.5 Å². The summed E-state index contributed by atoms with van der Waals surface area (Å²) in [5, 5.41) is 1.52. The predicted molar refractivity (Wildman–Crippen MR) is 72.9 cm³/mol. The van der Waals surface area contributed by atoms with Crippen LogP contribution in [0.3, 0.4) is 0 Å². The number of amides is 1. The van der Waals surface area contributed by atoms with E-state index >= 15 is 0 Å². The minimum absolute atomic E-state index is 0.0431. The summed E-state index contributed by atoms with van der Waals surface area (Å²) in [4.78, 5) is 20.3. The monoisotopic (exact) mass is 280 g/mol. The number of rotatable bonds is 3. The standard InChI is InChI=1S/C15H24N2O3/c18-15(17-7-1-9-19-17)14-5-4-12-13(20-14)6-8-16(12)10-11-2-3-11/h11-14H,1-10H2/t12-,13-,14-/m0/s1. The molecule has 5 nitrogen and oxygen atoms in total. The summed E-state index contributed by atoms with van der Waals surface area (Å²) >= 11 is 0. The molecule has 0 aromatic carbocycles. The van der Waals surface area contributed by atoms with Crippen LogP contribution in [0.2, 0.25) is 0 Å². The molecule has 0 aromatic rings. The van der Waals surface area contributed by atoms with Crippen molar-refractivity contribution in [2.45, 2.75) is 56.8 Å². The third-order valence-electron chi connectivity index (χ3n) is 5.13. The van der Waals surface area contributed by atoms with Crippen LogP contribution in [0.15, 0.2) is 0 Å². The highest BCUT2D eigenvalue weighted by molar-refractivity contribution is 5.80. The van der Waals surface area contributed by atoms with E-state index in [0.29, 0.717) is 12.6 Å². The maximum atomic E-state index is 12.3. The van der Waals surface area contributed by atoms with Gasteiger partial charge in [0.1, 0.15) is 6.10 Å². The molecule has 5 heteroatoms. The molecule has 4 aliphatic rings. The summed E-state index contributed by atoms with van der Waals surface area (Å²) < 4.78 is 6.10. The Morgan fingerprint density at radius 2 is 2.00 bits per heavy atom. The first-order valence-electron chi connectivity index (χ1n) is 8.15. The smallest absolute Gasteiger partial charge is 0.275 e. The maximum Gasteiger partial charge on any atom is 0.275 e. The number of hydroxylamine groups is 2. The molecule has 1 amide bonds. The Morgan fingerprint density at radius 1 is 1.10 bits per heavy atom. The first kappa shape index (κ1) is 13.0. The Kier molecular flexibility index (Phi) is 3.44. The lowest BCUT2D eigenvalue weighted by Crippen LogP contribution is -2.48. The van der Waals surface area contributed by atoms with Gasteiger partial charge in [0.15, 0.2) is 0 Å². The Balaban J connectivity index is 1.34. The quantitative estimate of drug-likeness (QED) is 0.778. The molecule has 1 saturated carbocycles. The molecule has 1 aliphatic carbocycles. The lowest BCUT2D eigenvalue weighted by molar-refractivity contribution is -0.189. The van der Waals surface area contributed by atoms with E-state index in [4.69, 9.17) is 9.57 Å². The van der Waals surface area contributed by atoms with Crippen LogP contribution >= 0.6 is 0 Å². The van der Waals surface area contributed by atoms with Crippen molar-refractivity contribution < 1.29 is 14.4 Å². The minimum Gasteiger partial charge on any atom is -0.363 e. The van der Waals surface area contributed by atoms with Gasteiger partial charge in [-0.15, -0.1) is 0 Å². The van der Waals surface area contributed by atoms with Crippen molar-refractivity contribution in [3.8, 4) is 0 Å². The second-order valence-electron chi connectivity index (χ2n) is 6.66. The number of hydrogen-bond acceptors (Lipinski definition) is 4. The van der Waals surface area contributed by atoms with Crippen LogP contribution in [-0.2, 0) is 14.4 Å². The summed E-state index contributed by atoms with van der Waals surface area (Å²) in [6, 6.07) is 0.555. The summed E-state index contributed by atoms with van der Waals surface area (Å²) in [5.74, 6) is 0.979. The molecule has 3 atom stereocenters. The highest BCUT2D eigenvalue weighted by Crippen LogP contribution is 2.36. The summed E-state index contributed by atoms with van der Waals surface area (Å²) in [6.07, 6.45) is 6.78. The van der Waals surface area contributed by atoms with Crippen molar-refractivity contribution in [2.24, 2.45) is 5.92 Å². The molecule has 0 N–H and O–H groups in total. The zero-order valence-corrected chi connectivity index (χ0v) is 12.0. The fourth-order valence-electron chi connectivity index (χ4n) is 3.84. The molecular weight excluding hydrogens is 256 g/mol. The Hall–Kier alpha value is -0.650. The van der Waals surface area contributed by atoms with E-state index < -0.39 is 0 Å². The summed E-state index contributed by atoms with van der Waals surface area (Å²) in [5.41, 5.74) is 0. The molecule has 3 aliphatic heterocycles. The molecular formula is C15H24N2O3. The highest BCUT2D eigenvalue weighted by Gasteiger charge is 2.44. The van der Waals surface area contributed by atoms with Crippen LogP contribution in [0, 0.1) is 5.92 Å². The van der Waals surface area contributed by atoms with Gasteiger partial charge in [0, 0.05) is 19.1 Å². The Labute approximate surface area is 120 Å². The Bertz CT molecular complexity index is 379. The van der Waals surface area contributed by atoms with Crippen LogP contribution < -0.4 is 0 Å². The van der Waals surface area contributed by atoms with Gasteiger partial charge in [-0.3, -0.25) is 14.5 Å². The average Bonchev–Trinajstić information content (AvgIpc) is 2.98. The van der Waals surface area contributed by atoms with Crippen molar-refractivity contribution in [3.05, 3.63) is 0 Å². The normalized spacial score (nSPS) is 38.2. The average molecular weight is 280 g/mol. The number of fused-ring (bicyclic) bond motifs is 1. The van der Waals surface area contributed by atoms with Gasteiger partial charge in [0.2, 0.25) is 0 Å². The molecule has 3 saturated heterocycles. The first-order chi connectivity index (χ1) is 9.81. The second-order valence-corrected chi connectivity index (χ2v) is 6.66. The van der Waals surface area contributed by atoms with E-state index in [0.717, 1.165) is 44.7 Å². The molecule has 0 aromatic heterocycles. The molecule has 20 heavy (non-hydrogen) atoms. The molecule has 4 rings (SSSR count). The topological polar surface area (TPSA) is 42.0 Å². The fourth-order valence-corrected chi connectivity index (χ4v) is 3.84. The van der Waals surface area contributed by atoms with E-state index in [1.807, 2.05) is 0 Å². The van der Waals surface area contributed by atoms with Gasteiger partial charge in [0.25, 0.3) is 5.91 Å². The maximum absolute atomic E-state index is 12.3. The molecule has 0 bridgehead atoms. The van der Waals surface area contributed by atoms with Crippen molar-refractivity contribution in [3.63, 3.8) is 0 Å². The van der Waals surface area contributed by atoms with Crippen LogP contribution in [0.5, 0.6) is 0 Å².